The Balaban J connectivity index is 2.15. The molecule has 11 nitrogen and oxygen atoms in total. The van der Waals surface area contributed by atoms with Crippen LogP contribution in [0.5, 0.6) is 0 Å². The van der Waals surface area contributed by atoms with Crippen LogP contribution in [0, 0.1) is 0 Å². The van der Waals surface area contributed by atoms with Crippen LogP contribution in [0.25, 0.3) is 0 Å². The molecular formula is C36H42N2O9. The van der Waals surface area contributed by atoms with Crippen molar-refractivity contribution in [1.82, 2.24) is 10.6 Å². The molecule has 3 rings (SSSR count). The number of nitrogens with one attached hydrogen (secondary N) is 2. The fraction of sp³-hybridized carbons (Fsp3) is 0.361. The number of esters is 1. The SMILES string of the molecule is CC(C)(C)OC(=O)N[C@](CCC(=O)O)(Cc1ccccc1)C(=O)N[C@](CCC(=O)O)(Cc1ccccc1)C(=O)OCc1ccccc1. The lowest BCUT2D eigenvalue weighted by Crippen LogP contribution is -2.67. The lowest BCUT2D eigenvalue weighted by molar-refractivity contribution is -0.157. The fourth-order valence-electron chi connectivity index (χ4n) is 5.09. The van der Waals surface area contributed by atoms with E-state index in [9.17, 15) is 34.2 Å². The molecule has 0 unspecified atom stereocenters. The maximum absolute atomic E-state index is 14.7. The van der Waals surface area contributed by atoms with Gasteiger partial charge in [0.05, 0.1) is 0 Å². The van der Waals surface area contributed by atoms with Gasteiger partial charge in [-0.05, 0) is 50.3 Å². The molecule has 3 aromatic rings. The minimum atomic E-state index is -1.94. The molecule has 4 N–H and O–H groups in total. The van der Waals surface area contributed by atoms with Gasteiger partial charge in [0, 0.05) is 25.7 Å². The molecule has 0 spiro atoms. The van der Waals surface area contributed by atoms with E-state index in [1.54, 1.807) is 112 Å². The van der Waals surface area contributed by atoms with Crippen molar-refractivity contribution < 1.29 is 43.7 Å². The van der Waals surface area contributed by atoms with Crippen LogP contribution in [0.3, 0.4) is 0 Å². The first-order chi connectivity index (χ1) is 22.2. The Hall–Kier alpha value is -5.19. The van der Waals surface area contributed by atoms with Crippen LogP contribution in [0.15, 0.2) is 91.0 Å². The molecule has 0 saturated heterocycles. The molecule has 250 valence electrons. The summed E-state index contributed by atoms with van der Waals surface area (Å²) in [6.45, 7) is 4.77. The van der Waals surface area contributed by atoms with E-state index in [1.807, 2.05) is 0 Å². The van der Waals surface area contributed by atoms with E-state index in [1.165, 1.54) is 0 Å². The van der Waals surface area contributed by atoms with Crippen LogP contribution in [-0.4, -0.2) is 56.8 Å². The Morgan fingerprint density at radius 3 is 1.49 bits per heavy atom. The lowest BCUT2D eigenvalue weighted by atomic mass is 9.81. The summed E-state index contributed by atoms with van der Waals surface area (Å²) in [4.78, 5) is 65.8. The van der Waals surface area contributed by atoms with E-state index in [0.717, 1.165) is 0 Å². The number of carbonyl (C=O) groups excluding carboxylic acids is 3. The minimum absolute atomic E-state index is 0.146. The molecule has 0 radical (unpaired) electrons. The Morgan fingerprint density at radius 2 is 1.04 bits per heavy atom. The zero-order chi connectivity index (χ0) is 34.5. The van der Waals surface area contributed by atoms with Gasteiger partial charge in [0.2, 0.25) is 5.91 Å². The number of aliphatic carboxylic acids is 2. The molecular weight excluding hydrogens is 604 g/mol. The highest BCUT2D eigenvalue weighted by molar-refractivity contribution is 5.95. The van der Waals surface area contributed by atoms with Crippen molar-refractivity contribution in [2.75, 3.05) is 0 Å². The number of hydrogen-bond acceptors (Lipinski definition) is 7. The average Bonchev–Trinajstić information content (AvgIpc) is 3.01. The summed E-state index contributed by atoms with van der Waals surface area (Å²) in [6.07, 6.45) is -3.03. The largest absolute Gasteiger partial charge is 0.481 e. The van der Waals surface area contributed by atoms with Gasteiger partial charge in [-0.3, -0.25) is 14.4 Å². The van der Waals surface area contributed by atoms with Crippen molar-refractivity contribution in [1.29, 1.82) is 0 Å². The molecule has 0 aliphatic rings. The highest BCUT2D eigenvalue weighted by Crippen LogP contribution is 2.28. The van der Waals surface area contributed by atoms with Gasteiger partial charge < -0.3 is 30.3 Å². The third kappa shape index (κ3) is 11.6. The molecule has 3 aromatic carbocycles. The Morgan fingerprint density at radius 1 is 0.617 bits per heavy atom. The third-order valence-corrected chi connectivity index (χ3v) is 7.36. The molecule has 0 aromatic heterocycles. The molecule has 0 fully saturated rings. The smallest absolute Gasteiger partial charge is 0.408 e. The number of rotatable bonds is 16. The van der Waals surface area contributed by atoms with Gasteiger partial charge in [-0.1, -0.05) is 91.0 Å². The second kappa shape index (κ2) is 16.4. The standard InChI is InChI=1S/C36H42N2O9/c1-34(2,3)47-33(45)38-35(21-19-29(39)40,23-26-13-7-4-8-14-26)31(43)37-36(22-20-30(41)42,24-27-15-9-5-10-16-27)32(44)46-25-28-17-11-6-12-18-28/h4-18H,19-25H2,1-3H3,(H,37,43)(H,38,45)(H,39,40)(H,41,42)/t35-,36-/m1/s1. The Bertz CT molecular complexity index is 1510. The van der Waals surface area contributed by atoms with Gasteiger partial charge >= 0.3 is 24.0 Å². The Kier molecular flexibility index (Phi) is 12.7. The van der Waals surface area contributed by atoms with Crippen LogP contribution in [-0.2, 0) is 48.1 Å². The number of ether oxygens (including phenoxy) is 2. The van der Waals surface area contributed by atoms with E-state index in [0.29, 0.717) is 16.7 Å². The normalized spacial score (nSPS) is 13.7. The molecule has 2 amide bonds. The first-order valence-electron chi connectivity index (χ1n) is 15.3. The van der Waals surface area contributed by atoms with Gasteiger partial charge in [0.25, 0.3) is 0 Å². The third-order valence-electron chi connectivity index (χ3n) is 7.36. The van der Waals surface area contributed by atoms with Gasteiger partial charge in [0.1, 0.15) is 23.3 Å². The zero-order valence-electron chi connectivity index (χ0n) is 26.9. The maximum atomic E-state index is 14.7. The van der Waals surface area contributed by atoms with Crippen molar-refractivity contribution in [2.45, 2.75) is 82.6 Å². The zero-order valence-corrected chi connectivity index (χ0v) is 26.9. The summed E-state index contributed by atoms with van der Waals surface area (Å²) in [7, 11) is 0. The van der Waals surface area contributed by atoms with E-state index in [-0.39, 0.29) is 32.3 Å². The summed E-state index contributed by atoms with van der Waals surface area (Å²) in [5.41, 5.74) is -2.94. The molecule has 11 heteroatoms. The van der Waals surface area contributed by atoms with E-state index >= 15 is 0 Å². The molecule has 0 aliphatic carbocycles. The number of alkyl carbamates (subject to hydrolysis) is 1. The topological polar surface area (TPSA) is 168 Å². The fourth-order valence-corrected chi connectivity index (χ4v) is 5.09. The minimum Gasteiger partial charge on any atom is -0.481 e. The summed E-state index contributed by atoms with van der Waals surface area (Å²) in [6, 6.07) is 26.2. The maximum Gasteiger partial charge on any atom is 0.408 e. The highest BCUT2D eigenvalue weighted by atomic mass is 16.6. The second-order valence-electron chi connectivity index (χ2n) is 12.4. The summed E-state index contributed by atoms with van der Waals surface area (Å²) in [5.74, 6) is -4.21. The molecule has 0 saturated carbocycles. The number of hydrogen-bond donors (Lipinski definition) is 4. The molecule has 0 heterocycles. The predicted octanol–water partition coefficient (Wildman–Crippen LogP) is 5.06. The van der Waals surface area contributed by atoms with Gasteiger partial charge in [-0.2, -0.15) is 0 Å². The van der Waals surface area contributed by atoms with Crippen molar-refractivity contribution >= 4 is 29.9 Å². The van der Waals surface area contributed by atoms with Crippen LogP contribution < -0.4 is 10.6 Å². The number of carboxylic acid groups (broad SMARTS) is 2. The summed E-state index contributed by atoms with van der Waals surface area (Å²) < 4.78 is 11.2. The van der Waals surface area contributed by atoms with Crippen LogP contribution in [0.1, 0.15) is 63.1 Å². The van der Waals surface area contributed by atoms with E-state index in [4.69, 9.17) is 9.47 Å². The van der Waals surface area contributed by atoms with Crippen LogP contribution in [0.4, 0.5) is 4.79 Å². The van der Waals surface area contributed by atoms with Crippen molar-refractivity contribution in [3.63, 3.8) is 0 Å². The number of carbonyl (C=O) groups is 5. The van der Waals surface area contributed by atoms with Crippen molar-refractivity contribution in [3.05, 3.63) is 108 Å². The first-order valence-corrected chi connectivity index (χ1v) is 15.3. The van der Waals surface area contributed by atoms with E-state index < -0.39 is 59.4 Å². The highest BCUT2D eigenvalue weighted by Gasteiger charge is 2.49. The second-order valence-corrected chi connectivity index (χ2v) is 12.4. The van der Waals surface area contributed by atoms with Gasteiger partial charge in [0.15, 0.2) is 0 Å². The van der Waals surface area contributed by atoms with Gasteiger partial charge in [-0.25, -0.2) is 9.59 Å². The Labute approximate surface area is 274 Å². The monoisotopic (exact) mass is 646 g/mol. The quantitative estimate of drug-likeness (QED) is 0.155. The lowest BCUT2D eigenvalue weighted by Gasteiger charge is -2.39. The molecule has 0 bridgehead atoms. The summed E-state index contributed by atoms with van der Waals surface area (Å²) >= 11 is 0. The van der Waals surface area contributed by atoms with Crippen molar-refractivity contribution in [3.8, 4) is 0 Å². The van der Waals surface area contributed by atoms with Crippen molar-refractivity contribution in [2.24, 2.45) is 0 Å². The van der Waals surface area contributed by atoms with Gasteiger partial charge in [-0.15, -0.1) is 0 Å². The van der Waals surface area contributed by atoms with E-state index in [2.05, 4.69) is 10.6 Å². The average molecular weight is 647 g/mol. The first kappa shape index (κ1) is 36.3. The molecule has 2 atom stereocenters. The number of carboxylic acids is 2. The predicted molar refractivity (Wildman–Crippen MR) is 173 cm³/mol. The summed E-state index contributed by atoms with van der Waals surface area (Å²) in [5, 5.41) is 24.8. The molecule has 47 heavy (non-hydrogen) atoms. The van der Waals surface area contributed by atoms with Crippen LogP contribution in [0.2, 0.25) is 0 Å². The molecule has 0 aliphatic heterocycles. The number of benzene rings is 3. The van der Waals surface area contributed by atoms with Crippen LogP contribution >= 0.6 is 0 Å². The number of amides is 2.